The zero-order valence-corrected chi connectivity index (χ0v) is 7.88. The highest BCUT2D eigenvalue weighted by molar-refractivity contribution is 5.37. The third-order valence-electron chi connectivity index (χ3n) is 4.37. The van der Waals surface area contributed by atoms with E-state index in [0.29, 0.717) is 0 Å². The second-order valence-corrected chi connectivity index (χ2v) is 4.71. The third-order valence-corrected chi connectivity index (χ3v) is 4.37. The highest BCUT2D eigenvalue weighted by Crippen LogP contribution is 2.57. The molecule has 0 heterocycles. The van der Waals surface area contributed by atoms with E-state index < -0.39 is 0 Å². The maximum atomic E-state index is 2.48. The van der Waals surface area contributed by atoms with Crippen LogP contribution in [0, 0.1) is 23.7 Å². The highest BCUT2D eigenvalue weighted by atomic mass is 14.5. The van der Waals surface area contributed by atoms with Crippen molar-refractivity contribution in [3.63, 3.8) is 0 Å². The Kier molecular flexibility index (Phi) is 1.18. The van der Waals surface area contributed by atoms with Crippen molar-refractivity contribution in [2.24, 2.45) is 23.7 Å². The number of rotatable bonds is 0. The Hall–Kier alpha value is -0.520. The van der Waals surface area contributed by atoms with Gasteiger partial charge in [-0.2, -0.15) is 0 Å². The monoisotopic (exact) mass is 160 g/mol. The molecule has 4 rings (SSSR count). The molecule has 1 fully saturated rings. The Morgan fingerprint density at radius 2 is 1.33 bits per heavy atom. The van der Waals surface area contributed by atoms with Gasteiger partial charge < -0.3 is 0 Å². The molecule has 64 valence electrons. The van der Waals surface area contributed by atoms with Crippen molar-refractivity contribution >= 4 is 0 Å². The first kappa shape index (κ1) is 6.94. The summed E-state index contributed by atoms with van der Waals surface area (Å²) in [5, 5.41) is 0. The smallest absolute Gasteiger partial charge is 0.00691 e. The van der Waals surface area contributed by atoms with Gasteiger partial charge in [-0.3, -0.25) is 0 Å². The van der Waals surface area contributed by atoms with E-state index in [4.69, 9.17) is 0 Å². The number of hydrogen-bond acceptors (Lipinski definition) is 0. The molecule has 0 aromatic heterocycles. The molecule has 0 spiro atoms. The van der Waals surface area contributed by atoms with E-state index in [2.05, 4.69) is 26.0 Å². The lowest BCUT2D eigenvalue weighted by molar-refractivity contribution is 0.143. The summed E-state index contributed by atoms with van der Waals surface area (Å²) >= 11 is 0. The maximum absolute atomic E-state index is 2.48. The highest BCUT2D eigenvalue weighted by Gasteiger charge is 2.48. The Morgan fingerprint density at radius 1 is 0.917 bits per heavy atom. The standard InChI is InChI=1S/C12H16/c1-7-8(2)12-10-5-3-9(4-6-10)11(7)12/h3,5,9-12H,4,6H2,1-2H3. The molecule has 0 N–H and O–H groups in total. The van der Waals surface area contributed by atoms with Gasteiger partial charge in [0, 0.05) is 0 Å². The van der Waals surface area contributed by atoms with Crippen LogP contribution in [0.2, 0.25) is 0 Å². The Morgan fingerprint density at radius 3 is 1.67 bits per heavy atom. The Balaban J connectivity index is 2.05. The van der Waals surface area contributed by atoms with Gasteiger partial charge in [0.15, 0.2) is 0 Å². The summed E-state index contributed by atoms with van der Waals surface area (Å²) in [5.41, 5.74) is 3.41. The number of fused-ring (bicyclic) bond motifs is 1. The topological polar surface area (TPSA) is 0 Å². The van der Waals surface area contributed by atoms with Crippen molar-refractivity contribution in [3.05, 3.63) is 23.3 Å². The van der Waals surface area contributed by atoms with E-state index in [9.17, 15) is 0 Å². The second-order valence-electron chi connectivity index (χ2n) is 4.71. The van der Waals surface area contributed by atoms with Crippen molar-refractivity contribution in [1.82, 2.24) is 0 Å². The molecule has 4 unspecified atom stereocenters. The largest absolute Gasteiger partial charge is 0.0845 e. The minimum atomic E-state index is 0.906. The van der Waals surface area contributed by atoms with Crippen molar-refractivity contribution in [3.8, 4) is 0 Å². The van der Waals surface area contributed by atoms with Crippen molar-refractivity contribution in [1.29, 1.82) is 0 Å². The average molecular weight is 160 g/mol. The van der Waals surface area contributed by atoms with Crippen LogP contribution in [0.4, 0.5) is 0 Å². The molecule has 0 heteroatoms. The molecular weight excluding hydrogens is 144 g/mol. The van der Waals surface area contributed by atoms with Crippen LogP contribution >= 0.6 is 0 Å². The lowest BCUT2D eigenvalue weighted by Crippen LogP contribution is -2.44. The zero-order valence-electron chi connectivity index (χ0n) is 7.88. The van der Waals surface area contributed by atoms with Crippen LogP contribution in [0.25, 0.3) is 0 Å². The van der Waals surface area contributed by atoms with Gasteiger partial charge in [-0.15, -0.1) is 0 Å². The first-order valence-electron chi connectivity index (χ1n) is 5.14. The van der Waals surface area contributed by atoms with Crippen LogP contribution in [-0.4, -0.2) is 0 Å². The van der Waals surface area contributed by atoms with Gasteiger partial charge in [0.05, 0.1) is 0 Å². The fourth-order valence-corrected chi connectivity index (χ4v) is 3.60. The molecule has 0 aromatic rings. The Bertz CT molecular complexity index is 254. The van der Waals surface area contributed by atoms with Gasteiger partial charge in [0.25, 0.3) is 0 Å². The molecule has 0 radical (unpaired) electrons. The molecule has 4 aliphatic carbocycles. The van der Waals surface area contributed by atoms with Crippen LogP contribution in [0.1, 0.15) is 26.7 Å². The van der Waals surface area contributed by atoms with Crippen molar-refractivity contribution < 1.29 is 0 Å². The van der Waals surface area contributed by atoms with E-state index in [1.165, 1.54) is 12.8 Å². The summed E-state index contributed by atoms with van der Waals surface area (Å²) in [4.78, 5) is 0. The van der Waals surface area contributed by atoms with Gasteiger partial charge in [0.2, 0.25) is 0 Å². The molecule has 12 heavy (non-hydrogen) atoms. The van der Waals surface area contributed by atoms with Crippen LogP contribution in [0.5, 0.6) is 0 Å². The quantitative estimate of drug-likeness (QED) is 0.477. The first-order valence-corrected chi connectivity index (χ1v) is 5.14. The predicted octanol–water partition coefficient (Wildman–Crippen LogP) is 3.16. The van der Waals surface area contributed by atoms with Crippen LogP contribution in [0.3, 0.4) is 0 Å². The van der Waals surface area contributed by atoms with Crippen LogP contribution in [-0.2, 0) is 0 Å². The summed E-state index contributed by atoms with van der Waals surface area (Å²) in [6.07, 6.45) is 7.86. The van der Waals surface area contributed by atoms with E-state index >= 15 is 0 Å². The average Bonchev–Trinajstić information content (AvgIpc) is 2.17. The van der Waals surface area contributed by atoms with E-state index in [1.807, 2.05) is 0 Å². The lowest BCUT2D eigenvalue weighted by atomic mass is 9.51. The number of allylic oxidation sites excluding steroid dienone is 4. The predicted molar refractivity (Wildman–Crippen MR) is 50.7 cm³/mol. The molecular formula is C12H16. The Labute approximate surface area is 74.4 Å². The molecule has 4 atom stereocenters. The summed E-state index contributed by atoms with van der Waals surface area (Å²) in [6.45, 7) is 4.68. The molecule has 1 saturated carbocycles. The lowest BCUT2D eigenvalue weighted by Gasteiger charge is -2.53. The van der Waals surface area contributed by atoms with E-state index in [1.54, 1.807) is 11.1 Å². The fraction of sp³-hybridized carbons (Fsp3) is 0.667. The normalized spacial score (nSPS) is 49.2. The van der Waals surface area contributed by atoms with Crippen LogP contribution < -0.4 is 0 Å². The van der Waals surface area contributed by atoms with E-state index in [0.717, 1.165) is 23.7 Å². The fourth-order valence-electron chi connectivity index (χ4n) is 3.60. The summed E-state index contributed by atoms with van der Waals surface area (Å²) in [7, 11) is 0. The van der Waals surface area contributed by atoms with Crippen molar-refractivity contribution in [2.45, 2.75) is 26.7 Å². The van der Waals surface area contributed by atoms with Crippen LogP contribution in [0.15, 0.2) is 23.3 Å². The third kappa shape index (κ3) is 0.608. The zero-order chi connectivity index (χ0) is 8.29. The minimum Gasteiger partial charge on any atom is -0.0845 e. The molecule has 0 amide bonds. The maximum Gasteiger partial charge on any atom is -0.00691 e. The number of hydrogen-bond donors (Lipinski definition) is 0. The van der Waals surface area contributed by atoms with Gasteiger partial charge >= 0.3 is 0 Å². The minimum absolute atomic E-state index is 0.906. The van der Waals surface area contributed by atoms with E-state index in [-0.39, 0.29) is 0 Å². The molecule has 0 saturated heterocycles. The second kappa shape index (κ2) is 2.04. The summed E-state index contributed by atoms with van der Waals surface area (Å²) in [5.74, 6) is 3.72. The van der Waals surface area contributed by atoms with Gasteiger partial charge in [-0.05, 0) is 50.4 Å². The van der Waals surface area contributed by atoms with Gasteiger partial charge in [0.1, 0.15) is 0 Å². The summed E-state index contributed by atoms with van der Waals surface area (Å²) in [6, 6.07) is 0. The van der Waals surface area contributed by atoms with Gasteiger partial charge in [-0.1, -0.05) is 23.3 Å². The van der Waals surface area contributed by atoms with Crippen molar-refractivity contribution in [2.75, 3.05) is 0 Å². The molecule has 2 bridgehead atoms. The molecule has 0 aliphatic heterocycles. The summed E-state index contributed by atoms with van der Waals surface area (Å²) < 4.78 is 0. The molecule has 0 nitrogen and oxygen atoms in total. The first-order chi connectivity index (χ1) is 5.79. The SMILES string of the molecule is CC1=C(C)C2C3C=CC(CC3)C12. The van der Waals surface area contributed by atoms with Gasteiger partial charge in [-0.25, -0.2) is 0 Å². The molecule has 0 aromatic carbocycles. The molecule has 4 aliphatic rings.